The Kier molecular flexibility index (Phi) is 6.08. The van der Waals surface area contributed by atoms with Crippen molar-refractivity contribution >= 4 is 15.9 Å². The lowest BCUT2D eigenvalue weighted by atomic mass is 10.2. The number of likely N-dealkylation sites (N-methyl/N-ethyl adjacent to an activating group) is 1. The predicted octanol–water partition coefficient (Wildman–Crippen LogP) is 0.544. The molecule has 8 heteroatoms. The summed E-state index contributed by atoms with van der Waals surface area (Å²) in [6.45, 7) is 2.19. The molecule has 0 aliphatic heterocycles. The van der Waals surface area contributed by atoms with E-state index in [4.69, 9.17) is 15.6 Å². The van der Waals surface area contributed by atoms with Crippen LogP contribution in [-0.4, -0.2) is 42.4 Å². The molecule has 1 unspecified atom stereocenters. The van der Waals surface area contributed by atoms with Crippen LogP contribution in [0.2, 0.25) is 0 Å². The van der Waals surface area contributed by atoms with Crippen LogP contribution in [0.15, 0.2) is 33.5 Å². The maximum atomic E-state index is 12.0. The van der Waals surface area contributed by atoms with Gasteiger partial charge in [0.2, 0.25) is 0 Å². The molecule has 0 aliphatic carbocycles. The van der Waals surface area contributed by atoms with Crippen molar-refractivity contribution in [2.75, 3.05) is 27.3 Å². The number of methoxy groups -OCH3 is 1. The fraction of sp³-hybridized carbons (Fsp3) is 0.417. The van der Waals surface area contributed by atoms with E-state index in [9.17, 15) is 9.00 Å². The number of hydrogen-bond acceptors (Lipinski definition) is 4. The summed E-state index contributed by atoms with van der Waals surface area (Å²) < 4.78 is 20.2. The fourth-order valence-corrected chi connectivity index (χ4v) is 2.51. The molecule has 7 nitrogen and oxygen atoms in total. The highest BCUT2D eigenvalue weighted by molar-refractivity contribution is 7.91. The smallest absolute Gasteiger partial charge is 0.347 e. The fourth-order valence-electron chi connectivity index (χ4n) is 1.61. The Morgan fingerprint density at radius 3 is 2.50 bits per heavy atom. The van der Waals surface area contributed by atoms with Crippen LogP contribution in [0.3, 0.4) is 0 Å². The van der Waals surface area contributed by atoms with E-state index < -0.39 is 15.9 Å². The summed E-state index contributed by atoms with van der Waals surface area (Å²) in [6.07, 6.45) is 0. The Hall–Kier alpha value is -1.48. The van der Waals surface area contributed by atoms with E-state index in [1.54, 1.807) is 31.4 Å². The van der Waals surface area contributed by atoms with E-state index >= 15 is 0 Å². The third kappa shape index (κ3) is 5.25. The van der Waals surface area contributed by atoms with E-state index in [2.05, 4.69) is 9.26 Å². The van der Waals surface area contributed by atoms with Gasteiger partial charge in [0.15, 0.2) is 0 Å². The van der Waals surface area contributed by atoms with Gasteiger partial charge in [-0.2, -0.15) is 0 Å². The molecule has 0 aromatic heterocycles. The molecule has 1 aromatic carbocycles. The van der Waals surface area contributed by atoms with Crippen LogP contribution < -0.4 is 10.9 Å². The van der Waals surface area contributed by atoms with Gasteiger partial charge in [-0.1, -0.05) is 12.1 Å². The maximum absolute atomic E-state index is 12.0. The topological polar surface area (TPSA) is 111 Å². The van der Waals surface area contributed by atoms with Gasteiger partial charge < -0.3 is 10.5 Å². The second kappa shape index (κ2) is 7.34. The van der Waals surface area contributed by atoms with Gasteiger partial charge in [-0.3, -0.25) is 4.90 Å². The van der Waals surface area contributed by atoms with Crippen molar-refractivity contribution < 1.29 is 13.7 Å². The monoisotopic (exact) mass is 300 g/mol. The minimum Gasteiger partial charge on any atom is -0.383 e. The normalized spacial score (nSPS) is 14.0. The van der Waals surface area contributed by atoms with Gasteiger partial charge in [-0.15, -0.1) is 4.36 Å². The van der Waals surface area contributed by atoms with E-state index in [0.717, 1.165) is 18.7 Å². The number of hydrogen-bond donors (Lipinski definition) is 2. The van der Waals surface area contributed by atoms with Gasteiger partial charge in [-0.05, 0) is 24.7 Å². The van der Waals surface area contributed by atoms with Crippen molar-refractivity contribution in [1.82, 2.24) is 4.90 Å². The van der Waals surface area contributed by atoms with Gasteiger partial charge in [0.25, 0.3) is 0 Å². The molecular weight excluding hydrogens is 280 g/mol. The summed E-state index contributed by atoms with van der Waals surface area (Å²) in [6, 6.07) is 5.73. The van der Waals surface area contributed by atoms with Gasteiger partial charge in [-0.25, -0.2) is 14.1 Å². The first kappa shape index (κ1) is 16.6. The quantitative estimate of drug-likeness (QED) is 0.798. The number of benzene rings is 1. The number of urea groups is 1. The largest absolute Gasteiger partial charge is 0.383 e. The van der Waals surface area contributed by atoms with Crippen molar-refractivity contribution in [3.63, 3.8) is 0 Å². The lowest BCUT2D eigenvalue weighted by Crippen LogP contribution is -2.22. The molecule has 1 rings (SSSR count). The minimum atomic E-state index is -3.25. The minimum absolute atomic E-state index is 0.277. The highest BCUT2D eigenvalue weighted by Gasteiger charge is 2.08. The molecule has 0 bridgehead atoms. The van der Waals surface area contributed by atoms with Crippen molar-refractivity contribution in [3.05, 3.63) is 29.8 Å². The zero-order valence-corrected chi connectivity index (χ0v) is 12.4. The van der Waals surface area contributed by atoms with E-state index in [1.807, 2.05) is 7.05 Å². The Labute approximate surface area is 119 Å². The highest BCUT2D eigenvalue weighted by Crippen LogP contribution is 2.12. The van der Waals surface area contributed by atoms with Gasteiger partial charge in [0.1, 0.15) is 9.92 Å². The number of ether oxygens (including phenoxy) is 1. The van der Waals surface area contributed by atoms with Crippen molar-refractivity contribution in [3.8, 4) is 0 Å². The first-order chi connectivity index (χ1) is 9.35. The summed E-state index contributed by atoms with van der Waals surface area (Å²) in [5.74, 6) is 0. The van der Waals surface area contributed by atoms with Crippen LogP contribution in [0.1, 0.15) is 5.56 Å². The summed E-state index contributed by atoms with van der Waals surface area (Å²) in [5.41, 5.74) is 5.90. The number of rotatable bonds is 6. The number of carbonyl (C=O) groups excluding carboxylic acids is 1. The third-order valence-electron chi connectivity index (χ3n) is 2.62. The Bertz CT molecular complexity index is 565. The molecule has 2 amide bonds. The molecule has 20 heavy (non-hydrogen) atoms. The van der Waals surface area contributed by atoms with E-state index in [1.165, 1.54) is 0 Å². The molecule has 1 aromatic rings. The Balaban J connectivity index is 2.79. The highest BCUT2D eigenvalue weighted by atomic mass is 32.2. The van der Waals surface area contributed by atoms with E-state index in [0.29, 0.717) is 6.61 Å². The number of amides is 2. The Morgan fingerprint density at radius 2 is 2.00 bits per heavy atom. The number of nitrogens with zero attached hydrogens (tertiary/aromatic N) is 2. The summed E-state index contributed by atoms with van der Waals surface area (Å²) in [5, 5.41) is 5.49. The molecule has 0 aliphatic rings. The zero-order chi connectivity index (χ0) is 15.2. The van der Waals surface area contributed by atoms with Crippen LogP contribution in [0.4, 0.5) is 4.79 Å². The molecule has 0 saturated heterocycles. The number of primary amides is 1. The van der Waals surface area contributed by atoms with Crippen molar-refractivity contribution in [2.45, 2.75) is 11.4 Å². The van der Waals surface area contributed by atoms with Crippen LogP contribution in [0.25, 0.3) is 0 Å². The second-order valence-corrected chi connectivity index (χ2v) is 6.16. The molecule has 0 fully saturated rings. The van der Waals surface area contributed by atoms with Crippen LogP contribution in [0, 0.1) is 0 Å². The van der Waals surface area contributed by atoms with E-state index in [-0.39, 0.29) is 4.90 Å². The predicted molar refractivity (Wildman–Crippen MR) is 77.3 cm³/mol. The molecular formula is C12H20N4O3S. The van der Waals surface area contributed by atoms with Gasteiger partial charge >= 0.3 is 6.03 Å². The lowest BCUT2D eigenvalue weighted by Gasteiger charge is -2.16. The standard InChI is InChI=1S/C12H20N4O3S/c1-16(7-8-19-2)9-10-3-5-11(6-4-10)20(14,18)15-12(13)17/h3-6H,7-9H2,1-2H3,(H4,13,14,15,17,18). The van der Waals surface area contributed by atoms with Crippen LogP contribution in [0.5, 0.6) is 0 Å². The molecule has 0 spiro atoms. The summed E-state index contributed by atoms with van der Waals surface area (Å²) >= 11 is 0. The van der Waals surface area contributed by atoms with Crippen molar-refractivity contribution in [2.24, 2.45) is 15.2 Å². The van der Waals surface area contributed by atoms with Crippen LogP contribution >= 0.6 is 0 Å². The Morgan fingerprint density at radius 1 is 1.40 bits per heavy atom. The molecule has 0 radical (unpaired) electrons. The van der Waals surface area contributed by atoms with Gasteiger partial charge in [0.05, 0.1) is 11.5 Å². The molecule has 112 valence electrons. The SMILES string of the molecule is COCCN(C)Cc1ccc(S(N)(=O)=NC(N)=O)cc1. The van der Waals surface area contributed by atoms with Gasteiger partial charge in [0, 0.05) is 20.2 Å². The summed E-state index contributed by atoms with van der Waals surface area (Å²) in [4.78, 5) is 13.0. The number of nitrogens with two attached hydrogens (primary N) is 2. The average molecular weight is 300 g/mol. The lowest BCUT2D eigenvalue weighted by molar-refractivity contribution is 0.158. The molecule has 1 atom stereocenters. The molecule has 0 saturated carbocycles. The maximum Gasteiger partial charge on any atom is 0.347 e. The third-order valence-corrected chi connectivity index (χ3v) is 4.02. The first-order valence-corrected chi connectivity index (χ1v) is 7.54. The first-order valence-electron chi connectivity index (χ1n) is 5.96. The summed E-state index contributed by atoms with van der Waals surface area (Å²) in [7, 11) is 0.377. The number of carbonyl (C=O) groups is 1. The second-order valence-electron chi connectivity index (χ2n) is 4.37. The molecule has 4 N–H and O–H groups in total. The van der Waals surface area contributed by atoms with Crippen LogP contribution in [-0.2, 0) is 21.2 Å². The van der Waals surface area contributed by atoms with Crippen molar-refractivity contribution in [1.29, 1.82) is 0 Å². The average Bonchev–Trinajstić information content (AvgIpc) is 2.35. The zero-order valence-electron chi connectivity index (χ0n) is 11.6. The molecule has 0 heterocycles.